The summed E-state index contributed by atoms with van der Waals surface area (Å²) in [6.07, 6.45) is 0. The second-order valence-corrected chi connectivity index (χ2v) is 6.18. The average Bonchev–Trinajstić information content (AvgIpc) is 2.29. The number of benzene rings is 1. The number of rotatable bonds is 4. The first-order chi connectivity index (χ1) is 8.36. The van der Waals surface area contributed by atoms with E-state index in [0.29, 0.717) is 19.2 Å². The Labute approximate surface area is 130 Å². The number of hydrogen-bond acceptors (Lipinski definition) is 2. The smallest absolute Gasteiger partial charge is 0.252 e. The molecule has 3 nitrogen and oxygen atoms in total. The van der Waals surface area contributed by atoms with Crippen LogP contribution in [0, 0.1) is 9.49 Å². The van der Waals surface area contributed by atoms with Gasteiger partial charge in [0.1, 0.15) is 0 Å². The Kier molecular flexibility index (Phi) is 6.17. The van der Waals surface area contributed by atoms with Gasteiger partial charge in [-0.1, -0.05) is 37.0 Å². The van der Waals surface area contributed by atoms with Crippen LogP contribution in [0.25, 0.3) is 0 Å². The maximum Gasteiger partial charge on any atom is 0.252 e. The Balaban J connectivity index is 2.97. The molecule has 1 aromatic rings. The van der Waals surface area contributed by atoms with E-state index < -0.39 is 0 Å². The standard InChI is InChI=1S/C12H14Cl2INO2/c1-6(2)10(5-17)16-12(18)8-3-7(13)4-9(14)11(8)15/h3-4,6,10,17H,5H2,1-2H3,(H,16,18)/t10-/m1/s1. The Hall–Kier alpha value is -0.0400. The number of halogens is 3. The minimum absolute atomic E-state index is 0.103. The highest BCUT2D eigenvalue weighted by Gasteiger charge is 2.19. The topological polar surface area (TPSA) is 49.3 Å². The van der Waals surface area contributed by atoms with E-state index in [-0.39, 0.29) is 24.5 Å². The van der Waals surface area contributed by atoms with Crippen molar-refractivity contribution in [2.75, 3.05) is 6.61 Å². The van der Waals surface area contributed by atoms with Crippen LogP contribution in [0.1, 0.15) is 24.2 Å². The maximum atomic E-state index is 12.1. The van der Waals surface area contributed by atoms with Gasteiger partial charge in [-0.25, -0.2) is 0 Å². The van der Waals surface area contributed by atoms with Gasteiger partial charge in [0.05, 0.1) is 23.2 Å². The molecule has 18 heavy (non-hydrogen) atoms. The quantitative estimate of drug-likeness (QED) is 0.600. The van der Waals surface area contributed by atoms with Crippen LogP contribution in [0.5, 0.6) is 0 Å². The van der Waals surface area contributed by atoms with Crippen LogP contribution in [0.3, 0.4) is 0 Å². The molecular formula is C12H14Cl2INO2. The van der Waals surface area contributed by atoms with Crippen molar-refractivity contribution < 1.29 is 9.90 Å². The molecule has 0 radical (unpaired) electrons. The number of aliphatic hydroxyl groups excluding tert-OH is 1. The summed E-state index contributed by atoms with van der Waals surface area (Å²) in [6, 6.07) is 2.87. The van der Waals surface area contributed by atoms with E-state index in [2.05, 4.69) is 5.32 Å². The SMILES string of the molecule is CC(C)[C@@H](CO)NC(=O)c1cc(Cl)cc(Cl)c1I. The summed E-state index contributed by atoms with van der Waals surface area (Å²) in [5.74, 6) is -0.136. The van der Waals surface area contributed by atoms with Gasteiger partial charge in [0.2, 0.25) is 0 Å². The molecule has 0 saturated heterocycles. The third-order valence-corrected chi connectivity index (χ3v) is 4.55. The van der Waals surface area contributed by atoms with Gasteiger partial charge in [-0.15, -0.1) is 0 Å². The molecule has 0 unspecified atom stereocenters. The van der Waals surface area contributed by atoms with Crippen LogP contribution in [-0.2, 0) is 0 Å². The van der Waals surface area contributed by atoms with Crippen molar-refractivity contribution in [1.82, 2.24) is 5.32 Å². The lowest BCUT2D eigenvalue weighted by Gasteiger charge is -2.20. The lowest BCUT2D eigenvalue weighted by atomic mass is 10.0. The van der Waals surface area contributed by atoms with Crippen LogP contribution in [-0.4, -0.2) is 23.7 Å². The fraction of sp³-hybridized carbons (Fsp3) is 0.417. The molecular weight excluding hydrogens is 388 g/mol. The van der Waals surface area contributed by atoms with Gasteiger partial charge in [-0.2, -0.15) is 0 Å². The van der Waals surface area contributed by atoms with E-state index in [0.717, 1.165) is 0 Å². The van der Waals surface area contributed by atoms with Crippen molar-refractivity contribution in [1.29, 1.82) is 0 Å². The number of nitrogens with one attached hydrogen (secondary N) is 1. The zero-order valence-electron chi connectivity index (χ0n) is 10.0. The number of amides is 1. The fourth-order valence-corrected chi connectivity index (χ4v) is 2.44. The molecule has 2 N–H and O–H groups in total. The van der Waals surface area contributed by atoms with Crippen LogP contribution >= 0.6 is 45.8 Å². The molecule has 1 aromatic carbocycles. The van der Waals surface area contributed by atoms with Crippen molar-refractivity contribution in [3.63, 3.8) is 0 Å². The zero-order valence-corrected chi connectivity index (χ0v) is 13.7. The Morgan fingerprint density at radius 1 is 1.44 bits per heavy atom. The maximum absolute atomic E-state index is 12.1. The summed E-state index contributed by atoms with van der Waals surface area (Å²) < 4.78 is 0.650. The van der Waals surface area contributed by atoms with Crippen molar-refractivity contribution in [3.8, 4) is 0 Å². The fourth-order valence-electron chi connectivity index (χ4n) is 1.39. The molecule has 1 rings (SSSR count). The summed E-state index contributed by atoms with van der Waals surface area (Å²) in [6.45, 7) is 3.75. The van der Waals surface area contributed by atoms with Gasteiger partial charge in [0, 0.05) is 8.59 Å². The third kappa shape index (κ3) is 3.98. The molecule has 0 aromatic heterocycles. The summed E-state index contributed by atoms with van der Waals surface area (Å²) in [5.41, 5.74) is 0.423. The largest absolute Gasteiger partial charge is 0.394 e. The zero-order chi connectivity index (χ0) is 13.9. The molecule has 0 aliphatic carbocycles. The summed E-state index contributed by atoms with van der Waals surface area (Å²) in [4.78, 5) is 12.1. The Morgan fingerprint density at radius 3 is 2.56 bits per heavy atom. The van der Waals surface area contributed by atoms with E-state index in [1.54, 1.807) is 12.1 Å². The normalized spacial score (nSPS) is 12.6. The Bertz CT molecular complexity index is 452. The number of carbonyl (C=O) groups is 1. The monoisotopic (exact) mass is 401 g/mol. The van der Waals surface area contributed by atoms with Crippen molar-refractivity contribution >= 4 is 51.7 Å². The molecule has 0 aliphatic heterocycles. The first-order valence-corrected chi connectivity index (χ1v) is 7.26. The molecule has 0 heterocycles. The van der Waals surface area contributed by atoms with E-state index in [9.17, 15) is 9.90 Å². The van der Waals surface area contributed by atoms with Gasteiger partial charge in [0.25, 0.3) is 5.91 Å². The summed E-state index contributed by atoms with van der Waals surface area (Å²) in [7, 11) is 0. The second-order valence-electron chi connectivity index (χ2n) is 4.26. The average molecular weight is 402 g/mol. The lowest BCUT2D eigenvalue weighted by molar-refractivity contribution is 0.0896. The minimum atomic E-state index is -0.286. The highest BCUT2D eigenvalue weighted by Crippen LogP contribution is 2.26. The predicted octanol–water partition coefficient (Wildman–Crippen LogP) is 3.34. The first kappa shape index (κ1) is 16.0. The molecule has 0 fully saturated rings. The highest BCUT2D eigenvalue weighted by molar-refractivity contribution is 14.1. The summed E-state index contributed by atoms with van der Waals surface area (Å²) >= 11 is 13.9. The van der Waals surface area contributed by atoms with Crippen molar-refractivity contribution in [2.24, 2.45) is 5.92 Å². The van der Waals surface area contributed by atoms with Crippen molar-refractivity contribution in [2.45, 2.75) is 19.9 Å². The van der Waals surface area contributed by atoms with E-state index in [4.69, 9.17) is 23.2 Å². The molecule has 0 aliphatic rings. The molecule has 1 atom stereocenters. The van der Waals surface area contributed by atoms with Gasteiger partial charge >= 0.3 is 0 Å². The van der Waals surface area contributed by atoms with E-state index in [1.165, 1.54) is 0 Å². The Morgan fingerprint density at radius 2 is 2.06 bits per heavy atom. The number of hydrogen-bond donors (Lipinski definition) is 2. The van der Waals surface area contributed by atoms with E-state index >= 15 is 0 Å². The van der Waals surface area contributed by atoms with Gasteiger partial charge in [0.15, 0.2) is 0 Å². The number of carbonyl (C=O) groups excluding carboxylic acids is 1. The van der Waals surface area contributed by atoms with Gasteiger partial charge in [-0.05, 0) is 40.6 Å². The molecule has 6 heteroatoms. The van der Waals surface area contributed by atoms with Crippen LogP contribution < -0.4 is 5.32 Å². The van der Waals surface area contributed by atoms with Gasteiger partial charge in [-0.3, -0.25) is 4.79 Å². The van der Waals surface area contributed by atoms with Crippen LogP contribution in [0.2, 0.25) is 10.0 Å². The third-order valence-electron chi connectivity index (χ3n) is 2.56. The van der Waals surface area contributed by atoms with Crippen LogP contribution in [0.15, 0.2) is 12.1 Å². The molecule has 0 bridgehead atoms. The minimum Gasteiger partial charge on any atom is -0.394 e. The van der Waals surface area contributed by atoms with E-state index in [1.807, 2.05) is 36.4 Å². The van der Waals surface area contributed by atoms with Crippen LogP contribution in [0.4, 0.5) is 0 Å². The molecule has 1 amide bonds. The molecule has 100 valence electrons. The summed E-state index contributed by atoms with van der Waals surface area (Å²) in [5, 5.41) is 12.8. The highest BCUT2D eigenvalue weighted by atomic mass is 127. The first-order valence-electron chi connectivity index (χ1n) is 5.43. The predicted molar refractivity (Wildman–Crippen MR) is 82.4 cm³/mol. The second kappa shape index (κ2) is 6.93. The molecule has 0 saturated carbocycles. The number of aliphatic hydroxyl groups is 1. The van der Waals surface area contributed by atoms with Gasteiger partial charge < -0.3 is 10.4 Å². The van der Waals surface area contributed by atoms with Crippen molar-refractivity contribution in [3.05, 3.63) is 31.3 Å². The lowest BCUT2D eigenvalue weighted by Crippen LogP contribution is -2.41. The molecule has 0 spiro atoms.